The van der Waals surface area contributed by atoms with E-state index in [1.54, 1.807) is 24.3 Å². The van der Waals surface area contributed by atoms with Crippen molar-refractivity contribution in [1.82, 2.24) is 0 Å². The molecule has 1 aliphatic carbocycles. The summed E-state index contributed by atoms with van der Waals surface area (Å²) in [4.78, 5) is 11.7. The van der Waals surface area contributed by atoms with Crippen LogP contribution in [0.3, 0.4) is 0 Å². The van der Waals surface area contributed by atoms with Crippen LogP contribution in [0.5, 0.6) is 5.75 Å². The van der Waals surface area contributed by atoms with Gasteiger partial charge in [-0.15, -0.1) is 0 Å². The summed E-state index contributed by atoms with van der Waals surface area (Å²) in [5, 5.41) is 0. The summed E-state index contributed by atoms with van der Waals surface area (Å²) in [6.07, 6.45) is 2.61. The fourth-order valence-corrected chi connectivity index (χ4v) is 1.60. The van der Waals surface area contributed by atoms with Crippen molar-refractivity contribution < 1.29 is 19.0 Å². The highest BCUT2D eigenvalue weighted by Gasteiger charge is 2.24. The van der Waals surface area contributed by atoms with Crippen LogP contribution in [0.2, 0.25) is 0 Å². The summed E-state index contributed by atoms with van der Waals surface area (Å²) in [6.45, 7) is 1.91. The van der Waals surface area contributed by atoms with Crippen LogP contribution < -0.4 is 4.74 Å². The van der Waals surface area contributed by atoms with E-state index >= 15 is 0 Å². The van der Waals surface area contributed by atoms with Gasteiger partial charge in [0.15, 0.2) is 0 Å². The van der Waals surface area contributed by atoms with Crippen LogP contribution in [0, 0.1) is 5.92 Å². The average molecular weight is 248 g/mol. The van der Waals surface area contributed by atoms with Crippen LogP contribution in [0.4, 0.5) is 0 Å². The van der Waals surface area contributed by atoms with Crippen molar-refractivity contribution >= 4 is 5.97 Å². The first-order chi connectivity index (χ1) is 8.81. The lowest BCUT2D eigenvalue weighted by atomic mass is 10.2. The second-order valence-electron chi connectivity index (χ2n) is 4.83. The molecule has 1 aromatic carbocycles. The zero-order valence-electron chi connectivity index (χ0n) is 10.1. The summed E-state index contributed by atoms with van der Waals surface area (Å²) >= 11 is 0. The van der Waals surface area contributed by atoms with Crippen LogP contribution in [0.25, 0.3) is 0 Å². The highest BCUT2D eigenvalue weighted by molar-refractivity contribution is 5.89. The molecule has 3 rings (SSSR count). The van der Waals surface area contributed by atoms with Crippen LogP contribution >= 0.6 is 0 Å². The maximum absolute atomic E-state index is 11.7. The lowest BCUT2D eigenvalue weighted by Gasteiger charge is -2.06. The van der Waals surface area contributed by atoms with E-state index in [1.807, 2.05) is 0 Å². The minimum absolute atomic E-state index is 0.244. The van der Waals surface area contributed by atoms with Gasteiger partial charge < -0.3 is 14.2 Å². The van der Waals surface area contributed by atoms with E-state index in [1.165, 1.54) is 12.8 Å². The van der Waals surface area contributed by atoms with Crippen LogP contribution in [-0.2, 0) is 9.47 Å². The third-order valence-electron chi connectivity index (χ3n) is 3.08. The minimum atomic E-state index is -0.251. The van der Waals surface area contributed by atoms with E-state index in [0.717, 1.165) is 12.4 Å². The normalized spacial score (nSPS) is 21.4. The first-order valence-electron chi connectivity index (χ1n) is 6.33. The van der Waals surface area contributed by atoms with Crippen LogP contribution in [0.15, 0.2) is 24.3 Å². The highest BCUT2D eigenvalue weighted by Crippen LogP contribution is 2.29. The van der Waals surface area contributed by atoms with Gasteiger partial charge in [0.25, 0.3) is 0 Å². The van der Waals surface area contributed by atoms with Gasteiger partial charge in [0.1, 0.15) is 18.5 Å². The molecule has 96 valence electrons. The predicted molar refractivity (Wildman–Crippen MR) is 64.7 cm³/mol. The maximum atomic E-state index is 11.7. The molecule has 1 unspecified atom stereocenters. The van der Waals surface area contributed by atoms with Gasteiger partial charge in [-0.05, 0) is 43.0 Å². The second-order valence-corrected chi connectivity index (χ2v) is 4.83. The maximum Gasteiger partial charge on any atom is 0.338 e. The van der Waals surface area contributed by atoms with Gasteiger partial charge in [-0.2, -0.15) is 0 Å². The second kappa shape index (κ2) is 4.98. The monoisotopic (exact) mass is 248 g/mol. The first kappa shape index (κ1) is 11.5. The average Bonchev–Trinajstić information content (AvgIpc) is 3.29. The smallest absolute Gasteiger partial charge is 0.338 e. The molecule has 2 aliphatic rings. The van der Waals surface area contributed by atoms with Gasteiger partial charge in [0.2, 0.25) is 0 Å². The van der Waals surface area contributed by atoms with Crippen molar-refractivity contribution in [1.29, 1.82) is 0 Å². The molecule has 1 saturated carbocycles. The molecule has 2 fully saturated rings. The van der Waals surface area contributed by atoms with Crippen molar-refractivity contribution in [3.05, 3.63) is 29.8 Å². The Morgan fingerprint density at radius 2 is 1.94 bits per heavy atom. The molecule has 0 aromatic heterocycles. The van der Waals surface area contributed by atoms with Crippen LogP contribution in [0.1, 0.15) is 23.2 Å². The highest BCUT2D eigenvalue weighted by atomic mass is 16.6. The Balaban J connectivity index is 1.50. The van der Waals surface area contributed by atoms with Gasteiger partial charge in [0, 0.05) is 0 Å². The quantitative estimate of drug-likeness (QED) is 0.571. The Labute approximate surface area is 106 Å². The number of ether oxygens (including phenoxy) is 3. The van der Waals surface area contributed by atoms with Crippen molar-refractivity contribution in [2.24, 2.45) is 5.92 Å². The molecule has 0 N–H and O–H groups in total. The van der Waals surface area contributed by atoms with E-state index in [2.05, 4.69) is 0 Å². The van der Waals surface area contributed by atoms with E-state index in [0.29, 0.717) is 24.7 Å². The summed E-state index contributed by atoms with van der Waals surface area (Å²) in [5.41, 5.74) is 0.575. The molecule has 18 heavy (non-hydrogen) atoms. The molecule has 4 nitrogen and oxygen atoms in total. The van der Waals surface area contributed by atoms with E-state index in [-0.39, 0.29) is 12.1 Å². The lowest BCUT2D eigenvalue weighted by Crippen LogP contribution is -2.08. The minimum Gasteiger partial charge on any atom is -0.491 e. The van der Waals surface area contributed by atoms with Gasteiger partial charge in [0.05, 0.1) is 18.8 Å². The molecule has 0 bridgehead atoms. The summed E-state index contributed by atoms with van der Waals surface area (Å²) < 4.78 is 15.7. The number of rotatable bonds is 6. The number of benzene rings is 1. The van der Waals surface area contributed by atoms with Crippen molar-refractivity contribution in [2.45, 2.75) is 18.9 Å². The topological polar surface area (TPSA) is 48.1 Å². The van der Waals surface area contributed by atoms with Crippen molar-refractivity contribution in [2.75, 3.05) is 19.8 Å². The fourth-order valence-electron chi connectivity index (χ4n) is 1.60. The van der Waals surface area contributed by atoms with Gasteiger partial charge in [-0.3, -0.25) is 0 Å². The molecule has 1 aliphatic heterocycles. The standard InChI is InChI=1S/C14H16O4/c15-14(18-7-10-1-2-10)11-3-5-12(6-4-11)16-8-13-9-17-13/h3-6,10,13H,1-2,7-9H2. The van der Waals surface area contributed by atoms with Gasteiger partial charge in [-0.1, -0.05) is 0 Å². The molecular formula is C14H16O4. The largest absolute Gasteiger partial charge is 0.491 e. The zero-order chi connectivity index (χ0) is 12.4. The molecule has 1 atom stereocenters. The Morgan fingerprint density at radius 1 is 1.22 bits per heavy atom. The lowest BCUT2D eigenvalue weighted by molar-refractivity contribution is 0.0486. The number of carbonyl (C=O) groups excluding carboxylic acids is 1. The molecule has 1 saturated heterocycles. The molecule has 1 heterocycles. The molecule has 1 aromatic rings. The summed E-state index contributed by atoms with van der Waals surface area (Å²) in [6, 6.07) is 7.04. The molecule has 0 spiro atoms. The van der Waals surface area contributed by atoms with Crippen molar-refractivity contribution in [3.8, 4) is 5.75 Å². The molecular weight excluding hydrogens is 232 g/mol. The SMILES string of the molecule is O=C(OCC1CC1)c1ccc(OCC2CO2)cc1. The van der Waals surface area contributed by atoms with Gasteiger partial charge >= 0.3 is 5.97 Å². The summed E-state index contributed by atoms with van der Waals surface area (Å²) in [5.74, 6) is 1.10. The number of esters is 1. The number of hydrogen-bond donors (Lipinski definition) is 0. The van der Waals surface area contributed by atoms with E-state index in [4.69, 9.17) is 14.2 Å². The molecule has 4 heteroatoms. The number of carbonyl (C=O) groups is 1. The van der Waals surface area contributed by atoms with Crippen molar-refractivity contribution in [3.63, 3.8) is 0 Å². The summed E-state index contributed by atoms with van der Waals surface area (Å²) in [7, 11) is 0. The Hall–Kier alpha value is -1.55. The molecule has 0 amide bonds. The number of hydrogen-bond acceptors (Lipinski definition) is 4. The van der Waals surface area contributed by atoms with E-state index < -0.39 is 0 Å². The fraction of sp³-hybridized carbons (Fsp3) is 0.500. The van der Waals surface area contributed by atoms with Gasteiger partial charge in [-0.25, -0.2) is 4.79 Å². The Kier molecular flexibility index (Phi) is 3.19. The Morgan fingerprint density at radius 3 is 2.56 bits per heavy atom. The zero-order valence-corrected chi connectivity index (χ0v) is 10.1. The predicted octanol–water partition coefficient (Wildman–Crippen LogP) is 2.03. The van der Waals surface area contributed by atoms with Crippen LogP contribution in [-0.4, -0.2) is 31.9 Å². The first-order valence-corrected chi connectivity index (χ1v) is 6.33. The third kappa shape index (κ3) is 3.23. The Bertz CT molecular complexity index is 418. The third-order valence-corrected chi connectivity index (χ3v) is 3.08. The molecule has 0 radical (unpaired) electrons. The van der Waals surface area contributed by atoms with E-state index in [9.17, 15) is 4.79 Å². The number of epoxide rings is 1.